The van der Waals surface area contributed by atoms with Gasteiger partial charge in [0.2, 0.25) is 0 Å². The fourth-order valence-corrected chi connectivity index (χ4v) is 2.47. The van der Waals surface area contributed by atoms with Gasteiger partial charge >= 0.3 is 0 Å². The van der Waals surface area contributed by atoms with Crippen LogP contribution in [0.2, 0.25) is 0 Å². The summed E-state index contributed by atoms with van der Waals surface area (Å²) in [5, 5.41) is 1.24. The summed E-state index contributed by atoms with van der Waals surface area (Å²) in [6, 6.07) is 10.7. The van der Waals surface area contributed by atoms with Gasteiger partial charge in [-0.05, 0) is 24.3 Å². The number of nitrogens with one attached hydrogen (secondary N) is 1. The summed E-state index contributed by atoms with van der Waals surface area (Å²) in [4.78, 5) is 15.9. The first-order chi connectivity index (χ1) is 11.2. The Morgan fingerprint density at radius 1 is 0.826 bits per heavy atom. The van der Waals surface area contributed by atoms with E-state index in [2.05, 4.69) is 4.98 Å². The Hall–Kier alpha value is -2.57. The molecule has 0 atom stereocenters. The number of rotatable bonds is 6. The normalized spacial score (nSPS) is 11.0. The van der Waals surface area contributed by atoms with Crippen molar-refractivity contribution < 1.29 is 9.47 Å². The molecule has 0 aliphatic carbocycles. The van der Waals surface area contributed by atoms with E-state index < -0.39 is 0 Å². The molecule has 0 unspecified atom stereocenters. The maximum atomic E-state index is 12.6. The van der Waals surface area contributed by atoms with Gasteiger partial charge in [0.25, 0.3) is 0 Å². The van der Waals surface area contributed by atoms with Crippen LogP contribution >= 0.6 is 0 Å². The number of pyridine rings is 1. The third-order valence-corrected chi connectivity index (χ3v) is 3.51. The first kappa shape index (κ1) is 15.3. The van der Waals surface area contributed by atoms with E-state index in [4.69, 9.17) is 20.9 Å². The van der Waals surface area contributed by atoms with Crippen LogP contribution in [0.5, 0.6) is 11.5 Å². The van der Waals surface area contributed by atoms with Gasteiger partial charge in [-0.2, -0.15) is 0 Å². The Morgan fingerprint density at radius 2 is 1.30 bits per heavy atom. The molecule has 6 nitrogen and oxygen atoms in total. The van der Waals surface area contributed by atoms with Crippen molar-refractivity contribution in [3.05, 3.63) is 46.6 Å². The maximum absolute atomic E-state index is 12.6. The zero-order valence-corrected chi connectivity index (χ0v) is 12.7. The Labute approximate surface area is 133 Å². The van der Waals surface area contributed by atoms with Crippen LogP contribution in [0.3, 0.4) is 0 Å². The number of nitrogens with two attached hydrogens (primary N) is 2. The Bertz CT molecular complexity index is 820. The van der Waals surface area contributed by atoms with Crippen molar-refractivity contribution in [2.45, 2.75) is 0 Å². The molecule has 0 bridgehead atoms. The molecule has 5 N–H and O–H groups in total. The second kappa shape index (κ2) is 6.68. The second-order valence-corrected chi connectivity index (χ2v) is 5.14. The lowest BCUT2D eigenvalue weighted by Gasteiger charge is -2.09. The minimum Gasteiger partial charge on any atom is -0.492 e. The fraction of sp³-hybridized carbons (Fsp3) is 0.235. The monoisotopic (exact) mass is 313 g/mol. The molecule has 23 heavy (non-hydrogen) atoms. The van der Waals surface area contributed by atoms with Gasteiger partial charge in [-0.1, -0.05) is 0 Å². The van der Waals surface area contributed by atoms with Gasteiger partial charge in [0, 0.05) is 36.0 Å². The van der Waals surface area contributed by atoms with E-state index in [0.717, 1.165) is 0 Å². The van der Waals surface area contributed by atoms with Crippen LogP contribution < -0.4 is 26.4 Å². The first-order valence-electron chi connectivity index (χ1n) is 7.48. The summed E-state index contributed by atoms with van der Waals surface area (Å²) in [6.45, 7) is 1.74. The number of hydrogen-bond acceptors (Lipinski definition) is 5. The van der Waals surface area contributed by atoms with Gasteiger partial charge in [-0.3, -0.25) is 4.79 Å². The molecule has 1 aromatic heterocycles. The summed E-state index contributed by atoms with van der Waals surface area (Å²) >= 11 is 0. The highest BCUT2D eigenvalue weighted by atomic mass is 16.5. The van der Waals surface area contributed by atoms with E-state index in [1.807, 2.05) is 0 Å². The van der Waals surface area contributed by atoms with Crippen molar-refractivity contribution in [2.24, 2.45) is 11.5 Å². The van der Waals surface area contributed by atoms with E-state index in [9.17, 15) is 4.79 Å². The van der Waals surface area contributed by atoms with E-state index >= 15 is 0 Å². The molecular formula is C17H19N3O3. The van der Waals surface area contributed by atoms with Crippen molar-refractivity contribution >= 4 is 21.8 Å². The van der Waals surface area contributed by atoms with Crippen molar-refractivity contribution in [3.8, 4) is 11.5 Å². The third kappa shape index (κ3) is 3.13. The molecule has 1 heterocycles. The van der Waals surface area contributed by atoms with Gasteiger partial charge in [0.1, 0.15) is 24.7 Å². The largest absolute Gasteiger partial charge is 0.492 e. The molecule has 120 valence electrons. The number of H-pyrrole nitrogens is 1. The van der Waals surface area contributed by atoms with Crippen LogP contribution in [0.15, 0.2) is 41.2 Å². The zero-order valence-electron chi connectivity index (χ0n) is 12.7. The second-order valence-electron chi connectivity index (χ2n) is 5.14. The highest BCUT2D eigenvalue weighted by molar-refractivity contribution is 5.93. The molecule has 2 aromatic carbocycles. The number of ether oxygens (including phenoxy) is 2. The van der Waals surface area contributed by atoms with Crippen molar-refractivity contribution in [3.63, 3.8) is 0 Å². The number of aromatic nitrogens is 1. The van der Waals surface area contributed by atoms with Crippen LogP contribution in [0.25, 0.3) is 21.8 Å². The lowest BCUT2D eigenvalue weighted by atomic mass is 10.1. The number of hydrogen-bond donors (Lipinski definition) is 3. The first-order valence-corrected chi connectivity index (χ1v) is 7.48. The van der Waals surface area contributed by atoms with E-state index in [1.54, 1.807) is 36.4 Å². The quantitative estimate of drug-likeness (QED) is 0.596. The number of aromatic amines is 1. The maximum Gasteiger partial charge on any atom is 0.197 e. The molecule has 0 saturated heterocycles. The highest BCUT2D eigenvalue weighted by Gasteiger charge is 2.08. The van der Waals surface area contributed by atoms with Gasteiger partial charge in [-0.25, -0.2) is 0 Å². The Kier molecular flexibility index (Phi) is 4.45. The Morgan fingerprint density at radius 3 is 1.74 bits per heavy atom. The van der Waals surface area contributed by atoms with Crippen LogP contribution in [0, 0.1) is 0 Å². The summed E-state index contributed by atoms with van der Waals surface area (Å²) in [7, 11) is 0. The van der Waals surface area contributed by atoms with Crippen LogP contribution in [0.1, 0.15) is 0 Å². The lowest BCUT2D eigenvalue weighted by Crippen LogP contribution is -2.11. The van der Waals surface area contributed by atoms with Gasteiger partial charge < -0.3 is 25.9 Å². The standard InChI is InChI=1S/C17H19N3O3/c18-5-7-22-11-1-3-13-15(9-11)20-16-10-12(23-8-6-19)2-4-14(16)17(13)21/h1-4,9-10H,5-8,18-19H2,(H,20,21). The van der Waals surface area contributed by atoms with Gasteiger partial charge in [0.05, 0.1) is 11.0 Å². The van der Waals surface area contributed by atoms with Gasteiger partial charge in [0.15, 0.2) is 5.43 Å². The molecule has 0 fully saturated rings. The van der Waals surface area contributed by atoms with E-state index in [0.29, 0.717) is 59.6 Å². The van der Waals surface area contributed by atoms with Gasteiger partial charge in [-0.15, -0.1) is 0 Å². The van der Waals surface area contributed by atoms with Crippen LogP contribution in [0.4, 0.5) is 0 Å². The van der Waals surface area contributed by atoms with Crippen LogP contribution in [-0.2, 0) is 0 Å². The minimum atomic E-state index is -0.0236. The predicted octanol–water partition coefficient (Wildman–Crippen LogP) is 1.36. The molecule has 0 saturated carbocycles. The lowest BCUT2D eigenvalue weighted by molar-refractivity contribution is 0.328. The van der Waals surface area contributed by atoms with Crippen molar-refractivity contribution in [2.75, 3.05) is 26.3 Å². The average Bonchev–Trinajstić information content (AvgIpc) is 2.57. The zero-order chi connectivity index (χ0) is 16.2. The minimum absolute atomic E-state index is 0.0236. The molecule has 0 aliphatic rings. The molecule has 3 rings (SSSR count). The van der Waals surface area contributed by atoms with Crippen molar-refractivity contribution in [1.29, 1.82) is 0 Å². The van der Waals surface area contributed by atoms with Crippen LogP contribution in [-0.4, -0.2) is 31.3 Å². The smallest absolute Gasteiger partial charge is 0.197 e. The molecular weight excluding hydrogens is 294 g/mol. The van der Waals surface area contributed by atoms with Crippen molar-refractivity contribution in [1.82, 2.24) is 4.98 Å². The highest BCUT2D eigenvalue weighted by Crippen LogP contribution is 2.22. The third-order valence-electron chi connectivity index (χ3n) is 3.51. The summed E-state index contributed by atoms with van der Waals surface area (Å²) in [5.41, 5.74) is 12.3. The summed E-state index contributed by atoms with van der Waals surface area (Å²) < 4.78 is 11.0. The average molecular weight is 313 g/mol. The molecule has 3 aromatic rings. The summed E-state index contributed by atoms with van der Waals surface area (Å²) in [6.07, 6.45) is 0. The van der Waals surface area contributed by atoms with E-state index in [1.165, 1.54) is 0 Å². The number of benzene rings is 2. The summed E-state index contributed by atoms with van der Waals surface area (Å²) in [5.74, 6) is 1.35. The molecule has 0 radical (unpaired) electrons. The fourth-order valence-electron chi connectivity index (χ4n) is 2.47. The van der Waals surface area contributed by atoms with E-state index in [-0.39, 0.29) is 5.43 Å². The molecule has 0 spiro atoms. The number of fused-ring (bicyclic) bond motifs is 2. The SMILES string of the molecule is NCCOc1ccc2c(=O)c3ccc(OCCN)cc3[nH]c2c1. The predicted molar refractivity (Wildman–Crippen MR) is 91.2 cm³/mol. The topological polar surface area (TPSA) is 103 Å². The molecule has 0 amide bonds. The molecule has 0 aliphatic heterocycles. The Balaban J connectivity index is 2.09. The molecule has 6 heteroatoms.